The van der Waals surface area contributed by atoms with E-state index in [9.17, 15) is 4.79 Å². The number of carbonyl (C=O) groups excluding carboxylic acids is 1. The van der Waals surface area contributed by atoms with Crippen molar-refractivity contribution in [3.8, 4) is 0 Å². The third-order valence-corrected chi connectivity index (χ3v) is 9.77. The van der Waals surface area contributed by atoms with Crippen molar-refractivity contribution in [1.29, 1.82) is 0 Å². The van der Waals surface area contributed by atoms with Crippen molar-refractivity contribution in [2.45, 2.75) is 26.3 Å². The molecule has 184 valence electrons. The molecule has 1 aliphatic carbocycles. The largest absolute Gasteiger partial charge is 0.347 e. The maximum Gasteiger partial charge on any atom is 0.347 e. The Kier molecular flexibility index (Phi) is 6.11. The topological polar surface area (TPSA) is 42.4 Å². The van der Waals surface area contributed by atoms with Crippen LogP contribution in [0.3, 0.4) is 0 Å². The number of hydrogen-bond donors (Lipinski definition) is 0. The highest BCUT2D eigenvalue weighted by Crippen LogP contribution is 2.48. The number of benzene rings is 1. The van der Waals surface area contributed by atoms with Gasteiger partial charge < -0.3 is 9.80 Å². The van der Waals surface area contributed by atoms with Gasteiger partial charge in [0.2, 0.25) is 0 Å². The molecule has 0 spiro atoms. The molecule has 36 heavy (non-hydrogen) atoms. The third-order valence-electron chi connectivity index (χ3n) is 6.55. The lowest BCUT2D eigenvalue weighted by Gasteiger charge is -2.28. The van der Waals surface area contributed by atoms with Crippen LogP contribution in [-0.2, 0) is 6.54 Å². The monoisotopic (exact) mass is 535 g/mol. The summed E-state index contributed by atoms with van der Waals surface area (Å²) in [5.41, 5.74) is 3.38. The minimum atomic E-state index is -0.136. The number of para-hydroxylation sites is 1. The zero-order valence-corrected chi connectivity index (χ0v) is 22.5. The van der Waals surface area contributed by atoms with Crippen molar-refractivity contribution in [3.63, 3.8) is 0 Å². The first kappa shape index (κ1) is 23.3. The molecule has 0 saturated heterocycles. The van der Waals surface area contributed by atoms with Crippen LogP contribution in [0.2, 0.25) is 5.02 Å². The van der Waals surface area contributed by atoms with E-state index >= 15 is 0 Å². The molecule has 9 heteroatoms. The van der Waals surface area contributed by atoms with Gasteiger partial charge in [-0.2, -0.15) is 10.1 Å². The molecule has 4 aliphatic rings. The highest BCUT2D eigenvalue weighted by Gasteiger charge is 2.40. The van der Waals surface area contributed by atoms with E-state index in [1.54, 1.807) is 17.7 Å². The Morgan fingerprint density at radius 1 is 1.22 bits per heavy atom. The van der Waals surface area contributed by atoms with Crippen molar-refractivity contribution in [2.75, 3.05) is 17.7 Å². The van der Waals surface area contributed by atoms with Gasteiger partial charge in [0, 0.05) is 28.1 Å². The Morgan fingerprint density at radius 3 is 2.86 bits per heavy atom. The highest BCUT2D eigenvalue weighted by molar-refractivity contribution is 8.19. The molecule has 6 nitrogen and oxygen atoms in total. The van der Waals surface area contributed by atoms with Crippen LogP contribution < -0.4 is 4.90 Å². The van der Waals surface area contributed by atoms with Crippen molar-refractivity contribution in [1.82, 2.24) is 14.8 Å². The lowest BCUT2D eigenvalue weighted by Crippen LogP contribution is -2.41. The summed E-state index contributed by atoms with van der Waals surface area (Å²) < 4.78 is 0. The minimum Gasteiger partial charge on any atom is -0.318 e. The van der Waals surface area contributed by atoms with Gasteiger partial charge in [-0.25, -0.2) is 4.79 Å². The number of amides is 2. The Balaban J connectivity index is 1.43. The maximum atomic E-state index is 13.9. The van der Waals surface area contributed by atoms with Crippen molar-refractivity contribution in [2.24, 2.45) is 5.10 Å². The van der Waals surface area contributed by atoms with Gasteiger partial charge in [0.1, 0.15) is 6.34 Å². The number of hydrogen-bond acceptors (Lipinski definition) is 5. The Hall–Kier alpha value is -3.07. The maximum absolute atomic E-state index is 13.9. The number of allylic oxidation sites excluding steroid dienone is 2. The molecule has 0 radical (unpaired) electrons. The fourth-order valence-electron chi connectivity index (χ4n) is 4.91. The molecule has 6 rings (SSSR count). The fourth-order valence-corrected chi connectivity index (χ4v) is 7.87. The van der Waals surface area contributed by atoms with E-state index < -0.39 is 0 Å². The molecule has 3 aliphatic heterocycles. The lowest BCUT2D eigenvalue weighted by atomic mass is 10.1. The molecule has 0 bridgehead atoms. The molecule has 2 aromatic rings. The number of urea groups is 1. The van der Waals surface area contributed by atoms with E-state index in [-0.39, 0.29) is 16.5 Å². The fraction of sp³-hybridized carbons (Fsp3) is 0.222. The molecule has 1 aromatic carbocycles. The van der Waals surface area contributed by atoms with Gasteiger partial charge in [0.15, 0.2) is 5.82 Å². The number of fused-ring (bicyclic) bond motifs is 4. The second kappa shape index (κ2) is 9.42. The molecule has 1 atom stereocenters. The molecule has 2 amide bonds. The Bertz CT molecular complexity index is 1420. The summed E-state index contributed by atoms with van der Waals surface area (Å²) >= 11 is 8.31. The average Bonchev–Trinajstić information content (AvgIpc) is 3.65. The molecule has 1 aromatic heterocycles. The van der Waals surface area contributed by atoms with Crippen LogP contribution in [0.5, 0.6) is 0 Å². The van der Waals surface area contributed by atoms with Crippen LogP contribution >= 0.6 is 33.4 Å². The van der Waals surface area contributed by atoms with E-state index in [0.717, 1.165) is 23.4 Å². The first-order chi connectivity index (χ1) is 17.6. The molecule has 0 saturated carbocycles. The first-order valence-corrected chi connectivity index (χ1v) is 14.8. The summed E-state index contributed by atoms with van der Waals surface area (Å²) in [7, 11) is -0.136. The zero-order valence-electron chi connectivity index (χ0n) is 20.1. The summed E-state index contributed by atoms with van der Waals surface area (Å²) in [6.07, 6.45) is 14.4. The number of thiophene rings is 1. The second-order valence-electron chi connectivity index (χ2n) is 8.85. The minimum absolute atomic E-state index is 0.132. The number of halogens is 1. The summed E-state index contributed by atoms with van der Waals surface area (Å²) in [6, 6.07) is 11.7. The van der Waals surface area contributed by atoms with Gasteiger partial charge in [0.25, 0.3) is 0 Å². The van der Waals surface area contributed by atoms with Gasteiger partial charge in [-0.3, -0.25) is 4.90 Å². The zero-order chi connectivity index (χ0) is 24.8. The first-order valence-electron chi connectivity index (χ1n) is 11.9. The van der Waals surface area contributed by atoms with E-state index in [1.807, 2.05) is 51.7 Å². The van der Waals surface area contributed by atoms with Crippen molar-refractivity contribution in [3.05, 3.63) is 98.1 Å². The second-order valence-corrected chi connectivity index (χ2v) is 12.1. The van der Waals surface area contributed by atoms with E-state index in [0.29, 0.717) is 23.9 Å². The van der Waals surface area contributed by atoms with E-state index in [4.69, 9.17) is 11.6 Å². The van der Waals surface area contributed by atoms with E-state index in [1.165, 1.54) is 26.0 Å². The normalized spacial score (nSPS) is 19.9. The van der Waals surface area contributed by atoms with E-state index in [2.05, 4.69) is 47.6 Å². The number of anilines is 1. The molecular formula is C27H26ClN5OS2. The summed E-state index contributed by atoms with van der Waals surface area (Å²) in [5, 5.41) is 8.86. The van der Waals surface area contributed by atoms with Gasteiger partial charge in [-0.05, 0) is 48.2 Å². The van der Waals surface area contributed by atoms with Gasteiger partial charge in [-0.15, -0.1) is 21.8 Å². The van der Waals surface area contributed by atoms with Crippen LogP contribution in [0.25, 0.3) is 0 Å². The summed E-state index contributed by atoms with van der Waals surface area (Å²) in [5.74, 6) is 0.706. The van der Waals surface area contributed by atoms with Gasteiger partial charge in [0.05, 0.1) is 28.4 Å². The Labute approximate surface area is 222 Å². The molecule has 4 heterocycles. The van der Waals surface area contributed by atoms with Crippen LogP contribution in [0, 0.1) is 0 Å². The molecular weight excluding hydrogens is 510 g/mol. The van der Waals surface area contributed by atoms with Crippen molar-refractivity contribution < 1.29 is 4.79 Å². The Morgan fingerprint density at radius 2 is 2.08 bits per heavy atom. The number of rotatable bonds is 5. The molecule has 0 fully saturated rings. The molecule has 0 N–H and O–H groups in total. The third kappa shape index (κ3) is 3.84. The van der Waals surface area contributed by atoms with Gasteiger partial charge >= 0.3 is 6.03 Å². The predicted octanol–water partition coefficient (Wildman–Crippen LogP) is 6.75. The smallest absolute Gasteiger partial charge is 0.318 e. The average molecular weight is 536 g/mol. The summed E-state index contributed by atoms with van der Waals surface area (Å²) in [6.45, 7) is 3.31. The van der Waals surface area contributed by atoms with Crippen LogP contribution in [-0.4, -0.2) is 45.0 Å². The van der Waals surface area contributed by atoms with Crippen molar-refractivity contribution >= 4 is 56.5 Å². The molecule has 1 unspecified atom stereocenters. The van der Waals surface area contributed by atoms with Crippen LogP contribution in [0.15, 0.2) is 93.3 Å². The number of carbonyl (C=O) groups is 1. The number of nitrogens with zero attached hydrogens (tertiary/aromatic N) is 5. The lowest BCUT2D eigenvalue weighted by molar-refractivity contribution is 0.163. The standard InChI is InChI=1S/C27H26ClN5OS2/c1-3-13-30(15-19-8-7-14-35-19)27(34)33-25-17-31(23-11-5-4-10-22(23)28)16-21-20-9-6-12-24(20)36(2)26(21)32(25)18-29-33/h4-8,10-12,14,16-18H,3,9,13,15H2,1-2H3. The van der Waals surface area contributed by atoms with Crippen LogP contribution in [0.4, 0.5) is 10.5 Å². The van der Waals surface area contributed by atoms with Gasteiger partial charge in [-0.1, -0.05) is 48.9 Å². The highest BCUT2D eigenvalue weighted by atomic mass is 35.5. The quantitative estimate of drug-likeness (QED) is 0.397. The summed E-state index contributed by atoms with van der Waals surface area (Å²) in [4.78, 5) is 23.6. The SMILES string of the molecule is CCCN(Cc1cccs1)C(=O)N1N=CN2C1=CN(c1ccccc1Cl)C=C1C3=C(C=CC3)S(C)=C12. The van der Waals surface area contributed by atoms with Crippen LogP contribution in [0.1, 0.15) is 24.6 Å². The number of hydrazone groups is 1. The predicted molar refractivity (Wildman–Crippen MR) is 152 cm³/mol.